The fraction of sp³-hybridized carbons (Fsp3) is 0.118. The van der Waals surface area contributed by atoms with Crippen molar-refractivity contribution in [2.45, 2.75) is 13.0 Å². The zero-order valence-corrected chi connectivity index (χ0v) is 12.4. The van der Waals surface area contributed by atoms with E-state index >= 15 is 0 Å². The standard InChI is InChI=1S/C17H14N4O2/c1-11(23-13-8-6-12(10-18)7-9-13)16(22)21-17-19-14-4-2-3-5-15(14)20-17/h2-9,11H,1H3,(H2,19,20,21,22)/t11-/m0/s1. The van der Waals surface area contributed by atoms with Crippen LogP contribution in [0.4, 0.5) is 5.95 Å². The first-order valence-electron chi connectivity index (χ1n) is 7.08. The molecule has 1 heterocycles. The number of hydrogen-bond donors (Lipinski definition) is 2. The summed E-state index contributed by atoms with van der Waals surface area (Å²) in [5, 5.41) is 11.4. The van der Waals surface area contributed by atoms with Crippen LogP contribution in [0.25, 0.3) is 11.0 Å². The molecule has 1 amide bonds. The van der Waals surface area contributed by atoms with Crippen LogP contribution in [0, 0.1) is 11.3 Å². The monoisotopic (exact) mass is 306 g/mol. The molecule has 2 aromatic carbocycles. The molecule has 3 aromatic rings. The van der Waals surface area contributed by atoms with E-state index in [4.69, 9.17) is 10.00 Å². The number of para-hydroxylation sites is 2. The van der Waals surface area contributed by atoms with E-state index in [0.29, 0.717) is 17.3 Å². The number of fused-ring (bicyclic) bond motifs is 1. The summed E-state index contributed by atoms with van der Waals surface area (Å²) in [6.07, 6.45) is -0.698. The highest BCUT2D eigenvalue weighted by atomic mass is 16.5. The van der Waals surface area contributed by atoms with Gasteiger partial charge in [-0.05, 0) is 43.3 Å². The van der Waals surface area contributed by atoms with Gasteiger partial charge in [-0.1, -0.05) is 12.1 Å². The Balaban J connectivity index is 1.65. The summed E-state index contributed by atoms with van der Waals surface area (Å²) in [6, 6.07) is 16.1. The van der Waals surface area contributed by atoms with Crippen molar-refractivity contribution in [1.82, 2.24) is 9.97 Å². The fourth-order valence-electron chi connectivity index (χ4n) is 2.10. The first-order chi connectivity index (χ1) is 11.2. The number of hydrogen-bond acceptors (Lipinski definition) is 4. The number of rotatable bonds is 4. The third kappa shape index (κ3) is 3.30. The molecule has 0 radical (unpaired) electrons. The Morgan fingerprint density at radius 1 is 1.26 bits per heavy atom. The van der Waals surface area contributed by atoms with Gasteiger partial charge in [-0.15, -0.1) is 0 Å². The number of amides is 1. The lowest BCUT2D eigenvalue weighted by atomic mass is 10.2. The second kappa shape index (κ2) is 6.20. The van der Waals surface area contributed by atoms with Crippen molar-refractivity contribution in [2.24, 2.45) is 0 Å². The molecule has 6 heteroatoms. The van der Waals surface area contributed by atoms with Gasteiger partial charge in [-0.25, -0.2) is 4.98 Å². The summed E-state index contributed by atoms with van der Waals surface area (Å²) in [7, 11) is 0. The van der Waals surface area contributed by atoms with Gasteiger partial charge in [0.25, 0.3) is 5.91 Å². The first-order valence-corrected chi connectivity index (χ1v) is 7.08. The second-order valence-electron chi connectivity index (χ2n) is 4.99. The van der Waals surface area contributed by atoms with E-state index in [0.717, 1.165) is 11.0 Å². The van der Waals surface area contributed by atoms with Gasteiger partial charge in [0.15, 0.2) is 6.10 Å². The highest BCUT2D eigenvalue weighted by molar-refractivity contribution is 5.94. The number of anilines is 1. The Morgan fingerprint density at radius 2 is 2.00 bits per heavy atom. The summed E-state index contributed by atoms with van der Waals surface area (Å²) in [5.74, 6) is 0.594. The maximum atomic E-state index is 12.2. The van der Waals surface area contributed by atoms with Gasteiger partial charge < -0.3 is 9.72 Å². The minimum atomic E-state index is -0.698. The molecule has 0 saturated heterocycles. The molecule has 23 heavy (non-hydrogen) atoms. The molecule has 2 N–H and O–H groups in total. The van der Waals surface area contributed by atoms with Crippen LogP contribution in [-0.4, -0.2) is 22.0 Å². The molecule has 114 valence electrons. The number of nitrogens with one attached hydrogen (secondary N) is 2. The van der Waals surface area contributed by atoms with E-state index in [9.17, 15) is 4.79 Å². The van der Waals surface area contributed by atoms with E-state index in [-0.39, 0.29) is 5.91 Å². The number of aromatic nitrogens is 2. The normalized spacial score (nSPS) is 11.7. The second-order valence-corrected chi connectivity index (χ2v) is 4.99. The Morgan fingerprint density at radius 3 is 2.70 bits per heavy atom. The maximum Gasteiger partial charge on any atom is 0.267 e. The van der Waals surface area contributed by atoms with Crippen molar-refractivity contribution in [1.29, 1.82) is 5.26 Å². The van der Waals surface area contributed by atoms with Crippen LogP contribution < -0.4 is 10.1 Å². The summed E-state index contributed by atoms with van der Waals surface area (Å²) in [5.41, 5.74) is 2.17. The molecule has 0 aliphatic rings. The van der Waals surface area contributed by atoms with Crippen LogP contribution >= 0.6 is 0 Å². The van der Waals surface area contributed by atoms with Gasteiger partial charge >= 0.3 is 0 Å². The molecule has 0 aliphatic carbocycles. The number of imidazole rings is 1. The molecule has 0 unspecified atom stereocenters. The molecule has 0 fully saturated rings. The topological polar surface area (TPSA) is 90.8 Å². The number of carbonyl (C=O) groups excluding carboxylic acids is 1. The Bertz CT molecular complexity index is 844. The Kier molecular flexibility index (Phi) is 3.93. The molecule has 6 nitrogen and oxygen atoms in total. The fourth-order valence-corrected chi connectivity index (χ4v) is 2.10. The number of aromatic amines is 1. The average molecular weight is 306 g/mol. The molecular weight excluding hydrogens is 292 g/mol. The zero-order valence-electron chi connectivity index (χ0n) is 12.4. The summed E-state index contributed by atoms with van der Waals surface area (Å²) >= 11 is 0. The van der Waals surface area contributed by atoms with Crippen molar-refractivity contribution >= 4 is 22.9 Å². The van der Waals surface area contributed by atoms with Crippen molar-refractivity contribution in [2.75, 3.05) is 5.32 Å². The summed E-state index contributed by atoms with van der Waals surface area (Å²) in [4.78, 5) is 19.5. The third-order valence-electron chi connectivity index (χ3n) is 3.30. The van der Waals surface area contributed by atoms with E-state index in [1.807, 2.05) is 30.3 Å². The number of carbonyl (C=O) groups is 1. The predicted octanol–water partition coefficient (Wildman–Crippen LogP) is 2.84. The van der Waals surface area contributed by atoms with E-state index < -0.39 is 6.10 Å². The minimum Gasteiger partial charge on any atom is -0.481 e. The van der Waals surface area contributed by atoms with Crippen molar-refractivity contribution < 1.29 is 9.53 Å². The van der Waals surface area contributed by atoms with Crippen molar-refractivity contribution in [3.8, 4) is 11.8 Å². The lowest BCUT2D eigenvalue weighted by Gasteiger charge is -2.13. The van der Waals surface area contributed by atoms with Gasteiger partial charge in [0.1, 0.15) is 5.75 Å². The molecule has 0 spiro atoms. The molecule has 0 saturated carbocycles. The predicted molar refractivity (Wildman–Crippen MR) is 86.0 cm³/mol. The maximum absolute atomic E-state index is 12.2. The molecular formula is C17H14N4O2. The molecule has 1 atom stereocenters. The summed E-state index contributed by atoms with van der Waals surface area (Å²) in [6.45, 7) is 1.65. The quantitative estimate of drug-likeness (QED) is 0.775. The third-order valence-corrected chi connectivity index (χ3v) is 3.30. The van der Waals surface area contributed by atoms with Gasteiger partial charge in [-0.3, -0.25) is 10.1 Å². The number of H-pyrrole nitrogens is 1. The van der Waals surface area contributed by atoms with Crippen LogP contribution in [0.15, 0.2) is 48.5 Å². The Hall–Kier alpha value is -3.33. The van der Waals surface area contributed by atoms with E-state index in [1.54, 1.807) is 31.2 Å². The molecule has 3 rings (SSSR count). The smallest absolute Gasteiger partial charge is 0.267 e. The van der Waals surface area contributed by atoms with Gasteiger partial charge in [0.05, 0.1) is 22.7 Å². The lowest BCUT2D eigenvalue weighted by molar-refractivity contribution is -0.122. The van der Waals surface area contributed by atoms with Crippen LogP contribution in [0.5, 0.6) is 5.75 Å². The number of ether oxygens (including phenoxy) is 1. The van der Waals surface area contributed by atoms with E-state index in [2.05, 4.69) is 15.3 Å². The summed E-state index contributed by atoms with van der Waals surface area (Å²) < 4.78 is 5.56. The molecule has 0 bridgehead atoms. The minimum absolute atomic E-state index is 0.312. The van der Waals surface area contributed by atoms with Crippen LogP contribution in [0.2, 0.25) is 0 Å². The van der Waals surface area contributed by atoms with Crippen LogP contribution in [-0.2, 0) is 4.79 Å². The molecule has 0 aliphatic heterocycles. The van der Waals surface area contributed by atoms with Crippen LogP contribution in [0.1, 0.15) is 12.5 Å². The zero-order chi connectivity index (χ0) is 16.2. The molecule has 1 aromatic heterocycles. The van der Waals surface area contributed by atoms with Gasteiger partial charge in [-0.2, -0.15) is 5.26 Å². The van der Waals surface area contributed by atoms with Gasteiger partial charge in [0, 0.05) is 0 Å². The van der Waals surface area contributed by atoms with Crippen molar-refractivity contribution in [3.05, 3.63) is 54.1 Å². The average Bonchev–Trinajstić information content (AvgIpc) is 2.97. The lowest BCUT2D eigenvalue weighted by Crippen LogP contribution is -2.30. The van der Waals surface area contributed by atoms with E-state index in [1.165, 1.54) is 0 Å². The SMILES string of the molecule is C[C@H](Oc1ccc(C#N)cc1)C(=O)Nc1nc2ccccc2[nH]1. The highest BCUT2D eigenvalue weighted by Crippen LogP contribution is 2.16. The largest absolute Gasteiger partial charge is 0.481 e. The highest BCUT2D eigenvalue weighted by Gasteiger charge is 2.16. The van der Waals surface area contributed by atoms with Crippen molar-refractivity contribution in [3.63, 3.8) is 0 Å². The number of benzene rings is 2. The van der Waals surface area contributed by atoms with Gasteiger partial charge in [0.2, 0.25) is 5.95 Å². The van der Waals surface area contributed by atoms with Crippen LogP contribution in [0.3, 0.4) is 0 Å². The first kappa shape index (κ1) is 14.6. The number of nitriles is 1. The Labute approximate surface area is 132 Å². The number of nitrogens with zero attached hydrogens (tertiary/aromatic N) is 2.